The summed E-state index contributed by atoms with van der Waals surface area (Å²) in [4.78, 5) is 38.8. The zero-order valence-electron chi connectivity index (χ0n) is 10.4. The summed E-state index contributed by atoms with van der Waals surface area (Å²) in [7, 11) is 0. The summed E-state index contributed by atoms with van der Waals surface area (Å²) in [6, 6.07) is 1.29. The van der Waals surface area contributed by atoms with Gasteiger partial charge in [0.05, 0.1) is 0 Å². The molecule has 6 heteroatoms. The van der Waals surface area contributed by atoms with Gasteiger partial charge in [-0.25, -0.2) is 9.59 Å². The van der Waals surface area contributed by atoms with E-state index in [1.165, 1.54) is 6.07 Å². The van der Waals surface area contributed by atoms with Crippen LogP contribution < -0.4 is 16.9 Å². The molecule has 2 N–H and O–H groups in total. The molecule has 2 aromatic heterocycles. The Morgan fingerprint density at radius 1 is 1.17 bits per heavy atom. The molecule has 0 unspecified atom stereocenters. The molecule has 0 spiro atoms. The Morgan fingerprint density at radius 3 is 2.44 bits per heavy atom. The maximum atomic E-state index is 11.8. The smallest absolute Gasteiger partial charge is 0.337 e. The highest BCUT2D eigenvalue weighted by Gasteiger charge is 2.17. The first-order valence-corrected chi connectivity index (χ1v) is 5.56. The second-order valence-corrected chi connectivity index (χ2v) is 5.44. The van der Waals surface area contributed by atoms with Gasteiger partial charge in [-0.05, 0) is 17.4 Å². The minimum atomic E-state index is -0.691. The van der Waals surface area contributed by atoms with Gasteiger partial charge in [0, 0.05) is 6.07 Å². The number of H-pyrrole nitrogens is 2. The number of aromatic amines is 2. The Bertz CT molecular complexity index is 753. The van der Waals surface area contributed by atoms with Crippen LogP contribution in [-0.4, -0.2) is 9.97 Å². The first kappa shape index (κ1) is 12.3. The second kappa shape index (κ2) is 3.97. The summed E-state index contributed by atoms with van der Waals surface area (Å²) in [6.07, 6.45) is 0.532. The van der Waals surface area contributed by atoms with Crippen LogP contribution in [0.5, 0.6) is 0 Å². The van der Waals surface area contributed by atoms with E-state index in [0.29, 0.717) is 12.0 Å². The van der Waals surface area contributed by atoms with Crippen LogP contribution in [0.2, 0.25) is 0 Å². The molecule has 0 atom stereocenters. The van der Waals surface area contributed by atoms with E-state index >= 15 is 0 Å². The molecule has 6 nitrogen and oxygen atoms in total. The van der Waals surface area contributed by atoms with Crippen LogP contribution in [0.4, 0.5) is 0 Å². The highest BCUT2D eigenvalue weighted by Crippen LogP contribution is 2.22. The third kappa shape index (κ3) is 2.42. The lowest BCUT2D eigenvalue weighted by Crippen LogP contribution is -2.25. The van der Waals surface area contributed by atoms with Gasteiger partial charge in [0.25, 0.3) is 5.56 Å². The highest BCUT2D eigenvalue weighted by atomic mass is 16.4. The van der Waals surface area contributed by atoms with Crippen molar-refractivity contribution in [3.63, 3.8) is 0 Å². The standard InChI is InChI=1S/C12H14N2O4/c1-12(2,3)5-6-4-7(15)18-10-8(6)9(16)13-11(17)14-10/h4H,5H2,1-3H3,(H2,13,14,16,17). The number of hydrogen-bond acceptors (Lipinski definition) is 4. The van der Waals surface area contributed by atoms with Crippen molar-refractivity contribution in [2.24, 2.45) is 5.41 Å². The van der Waals surface area contributed by atoms with Gasteiger partial charge >= 0.3 is 11.3 Å². The molecule has 0 bridgehead atoms. The van der Waals surface area contributed by atoms with Gasteiger partial charge in [0.1, 0.15) is 5.39 Å². The molecule has 0 aliphatic heterocycles. The van der Waals surface area contributed by atoms with Gasteiger partial charge in [-0.3, -0.25) is 14.8 Å². The van der Waals surface area contributed by atoms with Crippen LogP contribution >= 0.6 is 0 Å². The Hall–Kier alpha value is -2.11. The van der Waals surface area contributed by atoms with E-state index in [1.807, 2.05) is 20.8 Å². The van der Waals surface area contributed by atoms with Crippen LogP contribution in [0.15, 0.2) is 24.9 Å². The maximum absolute atomic E-state index is 11.8. The largest absolute Gasteiger partial charge is 0.405 e. The summed E-state index contributed by atoms with van der Waals surface area (Å²) >= 11 is 0. The molecular formula is C12H14N2O4. The van der Waals surface area contributed by atoms with E-state index in [9.17, 15) is 14.4 Å². The first-order valence-electron chi connectivity index (χ1n) is 5.56. The summed E-state index contributed by atoms with van der Waals surface area (Å²) in [5.74, 6) is 0. The van der Waals surface area contributed by atoms with Crippen molar-refractivity contribution in [2.75, 3.05) is 0 Å². The molecule has 0 saturated carbocycles. The van der Waals surface area contributed by atoms with Crippen molar-refractivity contribution in [1.29, 1.82) is 0 Å². The fraction of sp³-hybridized carbons (Fsp3) is 0.417. The summed E-state index contributed by atoms with van der Waals surface area (Å²) < 4.78 is 4.85. The van der Waals surface area contributed by atoms with Crippen molar-refractivity contribution < 1.29 is 4.42 Å². The van der Waals surface area contributed by atoms with Crippen molar-refractivity contribution in [1.82, 2.24) is 9.97 Å². The Morgan fingerprint density at radius 2 is 1.83 bits per heavy atom. The maximum Gasteiger partial charge on any atom is 0.337 e. The lowest BCUT2D eigenvalue weighted by Gasteiger charge is -2.18. The molecule has 0 aliphatic rings. The molecule has 0 amide bonds. The van der Waals surface area contributed by atoms with E-state index in [0.717, 1.165) is 0 Å². The predicted molar refractivity (Wildman–Crippen MR) is 66.9 cm³/mol. The molecule has 2 heterocycles. The zero-order chi connectivity index (χ0) is 13.5. The normalized spacial score (nSPS) is 11.9. The fourth-order valence-corrected chi connectivity index (χ4v) is 1.89. The Labute approximate surface area is 102 Å². The molecule has 0 aliphatic carbocycles. The Kier molecular flexibility index (Phi) is 2.73. The van der Waals surface area contributed by atoms with Crippen LogP contribution in [-0.2, 0) is 6.42 Å². The first-order chi connectivity index (χ1) is 8.26. The minimum Gasteiger partial charge on any atom is -0.405 e. The third-order valence-corrected chi connectivity index (χ3v) is 2.44. The molecular weight excluding hydrogens is 236 g/mol. The van der Waals surface area contributed by atoms with Crippen LogP contribution in [0.1, 0.15) is 26.3 Å². The Balaban J connectivity index is 2.85. The molecule has 0 aromatic carbocycles. The molecule has 0 radical (unpaired) electrons. The van der Waals surface area contributed by atoms with E-state index in [4.69, 9.17) is 4.42 Å². The van der Waals surface area contributed by atoms with Gasteiger partial charge < -0.3 is 4.42 Å². The highest BCUT2D eigenvalue weighted by molar-refractivity contribution is 5.75. The average molecular weight is 250 g/mol. The lowest BCUT2D eigenvalue weighted by molar-refractivity contribution is 0.410. The van der Waals surface area contributed by atoms with Crippen LogP contribution in [0, 0.1) is 5.41 Å². The molecule has 0 fully saturated rings. The van der Waals surface area contributed by atoms with Crippen molar-refractivity contribution >= 4 is 11.1 Å². The van der Waals surface area contributed by atoms with Gasteiger partial charge in [-0.1, -0.05) is 20.8 Å². The van der Waals surface area contributed by atoms with E-state index in [1.54, 1.807) is 0 Å². The number of aromatic nitrogens is 2. The van der Waals surface area contributed by atoms with Crippen molar-refractivity contribution in [3.8, 4) is 0 Å². The molecule has 2 aromatic rings. The minimum absolute atomic E-state index is 0.0736. The summed E-state index contributed by atoms with van der Waals surface area (Å²) in [5, 5.41) is 0.226. The number of fused-ring (bicyclic) bond motifs is 1. The van der Waals surface area contributed by atoms with Gasteiger partial charge in [0.2, 0.25) is 5.71 Å². The van der Waals surface area contributed by atoms with E-state index in [2.05, 4.69) is 9.97 Å². The van der Waals surface area contributed by atoms with Crippen LogP contribution in [0.3, 0.4) is 0 Å². The SMILES string of the molecule is CC(C)(C)Cc1cc(=O)oc2[nH]c(=O)[nH]c(=O)c12. The van der Waals surface area contributed by atoms with Gasteiger partial charge in [-0.15, -0.1) is 0 Å². The summed E-state index contributed by atoms with van der Waals surface area (Å²) in [5.41, 5.74) is -1.41. The monoisotopic (exact) mass is 250 g/mol. The molecule has 2 rings (SSSR count). The lowest BCUT2D eigenvalue weighted by atomic mass is 9.87. The van der Waals surface area contributed by atoms with E-state index < -0.39 is 16.9 Å². The van der Waals surface area contributed by atoms with Gasteiger partial charge in [-0.2, -0.15) is 0 Å². The van der Waals surface area contributed by atoms with Crippen LogP contribution in [0.25, 0.3) is 11.1 Å². The third-order valence-electron chi connectivity index (χ3n) is 2.44. The van der Waals surface area contributed by atoms with Crippen molar-refractivity contribution in [3.05, 3.63) is 42.9 Å². The quantitative estimate of drug-likeness (QED) is 0.780. The second-order valence-electron chi connectivity index (χ2n) is 5.44. The molecule has 18 heavy (non-hydrogen) atoms. The fourth-order valence-electron chi connectivity index (χ4n) is 1.89. The number of nitrogens with one attached hydrogen (secondary N) is 2. The van der Waals surface area contributed by atoms with E-state index in [-0.39, 0.29) is 16.5 Å². The number of hydrogen-bond donors (Lipinski definition) is 2. The molecule has 0 saturated heterocycles. The zero-order valence-corrected chi connectivity index (χ0v) is 10.4. The average Bonchev–Trinajstić information content (AvgIpc) is 2.11. The number of rotatable bonds is 1. The molecule has 96 valence electrons. The van der Waals surface area contributed by atoms with Gasteiger partial charge in [0.15, 0.2) is 0 Å². The summed E-state index contributed by atoms with van der Waals surface area (Å²) in [6.45, 7) is 5.98. The topological polar surface area (TPSA) is 95.9 Å². The van der Waals surface area contributed by atoms with Crippen molar-refractivity contribution in [2.45, 2.75) is 27.2 Å². The predicted octanol–water partition coefficient (Wildman–Crippen LogP) is 0.758.